The zero-order valence-electron chi connectivity index (χ0n) is 17.3. The van der Waals surface area contributed by atoms with E-state index >= 15 is 0 Å². The zero-order chi connectivity index (χ0) is 22.6. The van der Waals surface area contributed by atoms with E-state index in [0.717, 1.165) is 5.56 Å². The first-order valence-corrected chi connectivity index (χ1v) is 10.9. The molecule has 3 aromatic rings. The number of hydrogen-bond acceptors (Lipinski definition) is 5. The molecule has 0 aliphatic carbocycles. The van der Waals surface area contributed by atoms with Crippen LogP contribution in [-0.2, 0) is 14.8 Å². The number of anilines is 2. The molecule has 0 saturated heterocycles. The van der Waals surface area contributed by atoms with E-state index in [2.05, 4.69) is 10.0 Å². The maximum absolute atomic E-state index is 12.7. The summed E-state index contributed by atoms with van der Waals surface area (Å²) in [5.41, 5.74) is 2.83. The number of carbonyl (C=O) groups excluding carboxylic acids is 2. The third-order valence-electron chi connectivity index (χ3n) is 4.70. The number of carbonyl (C=O) groups is 2. The van der Waals surface area contributed by atoms with E-state index in [1.165, 1.54) is 25.3 Å². The van der Waals surface area contributed by atoms with Crippen LogP contribution in [0, 0.1) is 13.8 Å². The van der Waals surface area contributed by atoms with Gasteiger partial charge in [-0.1, -0.05) is 29.8 Å². The van der Waals surface area contributed by atoms with Gasteiger partial charge in [-0.15, -0.1) is 0 Å². The minimum atomic E-state index is -3.79. The molecule has 7 nitrogen and oxygen atoms in total. The molecule has 0 atom stereocenters. The van der Waals surface area contributed by atoms with Gasteiger partial charge in [0.15, 0.2) is 0 Å². The van der Waals surface area contributed by atoms with Crippen LogP contribution in [0.25, 0.3) is 0 Å². The van der Waals surface area contributed by atoms with E-state index in [1.807, 2.05) is 6.92 Å². The predicted octanol–water partition coefficient (Wildman–Crippen LogP) is 4.14. The maximum Gasteiger partial charge on any atom is 0.338 e. The molecule has 0 aromatic heterocycles. The highest BCUT2D eigenvalue weighted by Gasteiger charge is 2.17. The van der Waals surface area contributed by atoms with Gasteiger partial charge in [0.05, 0.1) is 17.6 Å². The predicted molar refractivity (Wildman–Crippen MR) is 119 cm³/mol. The Morgan fingerprint density at radius 1 is 0.903 bits per heavy atom. The fraction of sp³-hybridized carbons (Fsp3) is 0.130. The van der Waals surface area contributed by atoms with E-state index < -0.39 is 21.9 Å². The molecule has 8 heteroatoms. The number of methoxy groups -OCH3 is 1. The Bertz CT molecular complexity index is 1240. The van der Waals surface area contributed by atoms with Crippen molar-refractivity contribution in [1.82, 2.24) is 0 Å². The molecule has 0 aliphatic rings. The van der Waals surface area contributed by atoms with Gasteiger partial charge in [-0.3, -0.25) is 9.52 Å². The third-order valence-corrected chi connectivity index (χ3v) is 6.09. The summed E-state index contributed by atoms with van der Waals surface area (Å²) in [5, 5.41) is 2.75. The smallest absolute Gasteiger partial charge is 0.338 e. The molecule has 3 aromatic carbocycles. The minimum absolute atomic E-state index is 0.128. The lowest BCUT2D eigenvalue weighted by atomic mass is 10.1. The van der Waals surface area contributed by atoms with Crippen molar-refractivity contribution < 1.29 is 22.7 Å². The van der Waals surface area contributed by atoms with Crippen molar-refractivity contribution in [2.24, 2.45) is 0 Å². The number of rotatable bonds is 6. The molecule has 3 rings (SSSR count). The van der Waals surface area contributed by atoms with Crippen LogP contribution in [-0.4, -0.2) is 27.4 Å². The molecule has 0 unspecified atom stereocenters. The summed E-state index contributed by atoms with van der Waals surface area (Å²) >= 11 is 0. The van der Waals surface area contributed by atoms with Gasteiger partial charge in [0, 0.05) is 16.9 Å². The Kier molecular flexibility index (Phi) is 6.41. The molecule has 31 heavy (non-hydrogen) atoms. The Balaban J connectivity index is 1.81. The van der Waals surface area contributed by atoms with Crippen LogP contribution in [0.1, 0.15) is 31.8 Å². The summed E-state index contributed by atoms with van der Waals surface area (Å²) in [4.78, 5) is 24.7. The highest BCUT2D eigenvalue weighted by Crippen LogP contribution is 2.22. The first-order valence-electron chi connectivity index (χ1n) is 9.40. The quantitative estimate of drug-likeness (QED) is 0.563. The molecule has 0 spiro atoms. The Labute approximate surface area is 181 Å². The molecule has 160 valence electrons. The summed E-state index contributed by atoms with van der Waals surface area (Å²) in [6.45, 7) is 3.57. The topological polar surface area (TPSA) is 102 Å². The van der Waals surface area contributed by atoms with Crippen molar-refractivity contribution in [1.29, 1.82) is 0 Å². The van der Waals surface area contributed by atoms with Crippen LogP contribution in [0.5, 0.6) is 0 Å². The van der Waals surface area contributed by atoms with Crippen molar-refractivity contribution in [2.45, 2.75) is 18.7 Å². The van der Waals surface area contributed by atoms with E-state index in [1.54, 1.807) is 55.5 Å². The summed E-state index contributed by atoms with van der Waals surface area (Å²) < 4.78 is 32.4. The van der Waals surface area contributed by atoms with Crippen LogP contribution >= 0.6 is 0 Å². The summed E-state index contributed by atoms with van der Waals surface area (Å²) in [7, 11) is -2.50. The lowest BCUT2D eigenvalue weighted by Gasteiger charge is -2.13. The average Bonchev–Trinajstić information content (AvgIpc) is 2.75. The van der Waals surface area contributed by atoms with E-state index in [9.17, 15) is 18.0 Å². The highest BCUT2D eigenvalue weighted by atomic mass is 32.2. The Morgan fingerprint density at radius 3 is 2.26 bits per heavy atom. The number of nitrogens with one attached hydrogen (secondary N) is 2. The molecule has 2 N–H and O–H groups in total. The van der Waals surface area contributed by atoms with Crippen LogP contribution in [0.2, 0.25) is 0 Å². The summed E-state index contributed by atoms with van der Waals surface area (Å²) in [5.74, 6) is -0.942. The Morgan fingerprint density at radius 2 is 1.58 bits per heavy atom. The molecule has 0 radical (unpaired) electrons. The van der Waals surface area contributed by atoms with Crippen molar-refractivity contribution in [2.75, 3.05) is 17.1 Å². The molecule has 0 saturated carbocycles. The van der Waals surface area contributed by atoms with Crippen LogP contribution in [0.15, 0.2) is 71.6 Å². The molecule has 0 fully saturated rings. The van der Waals surface area contributed by atoms with Gasteiger partial charge < -0.3 is 10.1 Å². The highest BCUT2D eigenvalue weighted by molar-refractivity contribution is 7.92. The number of amides is 1. The van der Waals surface area contributed by atoms with Crippen molar-refractivity contribution in [3.8, 4) is 0 Å². The number of ether oxygens (including phenoxy) is 1. The minimum Gasteiger partial charge on any atom is -0.465 e. The number of hydrogen-bond donors (Lipinski definition) is 2. The van der Waals surface area contributed by atoms with Crippen molar-refractivity contribution >= 4 is 33.3 Å². The lowest BCUT2D eigenvalue weighted by molar-refractivity contribution is 0.0599. The van der Waals surface area contributed by atoms with Crippen LogP contribution < -0.4 is 10.0 Å². The second kappa shape index (κ2) is 9.01. The number of benzene rings is 3. The van der Waals surface area contributed by atoms with Gasteiger partial charge in [0.25, 0.3) is 15.9 Å². The van der Waals surface area contributed by atoms with Gasteiger partial charge in [-0.05, 0) is 61.9 Å². The normalized spacial score (nSPS) is 10.9. The monoisotopic (exact) mass is 438 g/mol. The fourth-order valence-corrected chi connectivity index (χ4v) is 4.00. The molecule has 0 bridgehead atoms. The maximum atomic E-state index is 12.7. The van der Waals surface area contributed by atoms with Gasteiger partial charge in [-0.2, -0.15) is 0 Å². The first-order chi connectivity index (χ1) is 14.7. The molecular formula is C23H22N2O5S. The average molecular weight is 439 g/mol. The van der Waals surface area contributed by atoms with Gasteiger partial charge >= 0.3 is 5.97 Å². The third kappa shape index (κ3) is 5.10. The molecule has 0 aliphatic heterocycles. The van der Waals surface area contributed by atoms with E-state index in [-0.39, 0.29) is 16.1 Å². The first kappa shape index (κ1) is 22.0. The second-order valence-corrected chi connectivity index (χ2v) is 8.61. The van der Waals surface area contributed by atoms with Crippen molar-refractivity contribution in [3.05, 3.63) is 89.0 Å². The SMILES string of the molecule is COC(=O)c1cccc(NC(=O)c2cccc(NS(=O)(=O)c3ccc(C)cc3)c2)c1C. The largest absolute Gasteiger partial charge is 0.465 e. The van der Waals surface area contributed by atoms with E-state index in [4.69, 9.17) is 4.74 Å². The van der Waals surface area contributed by atoms with Gasteiger partial charge in [-0.25, -0.2) is 13.2 Å². The zero-order valence-corrected chi connectivity index (χ0v) is 18.1. The van der Waals surface area contributed by atoms with Crippen molar-refractivity contribution in [3.63, 3.8) is 0 Å². The number of sulfonamides is 1. The van der Waals surface area contributed by atoms with Crippen LogP contribution in [0.4, 0.5) is 11.4 Å². The lowest BCUT2D eigenvalue weighted by Crippen LogP contribution is -2.16. The fourth-order valence-electron chi connectivity index (χ4n) is 2.95. The van der Waals surface area contributed by atoms with Gasteiger partial charge in [0.2, 0.25) is 0 Å². The van der Waals surface area contributed by atoms with Gasteiger partial charge in [0.1, 0.15) is 0 Å². The summed E-state index contributed by atoms with van der Waals surface area (Å²) in [6, 6.07) is 17.5. The standard InChI is InChI=1S/C23H22N2O5S/c1-15-10-12-19(13-11-15)31(28,29)25-18-7-4-6-17(14-18)22(26)24-21-9-5-8-20(16(21)2)23(27)30-3/h4-14,25H,1-3H3,(H,24,26). The molecule has 1 amide bonds. The Hall–Kier alpha value is -3.65. The number of aryl methyl sites for hydroxylation is 1. The van der Waals surface area contributed by atoms with E-state index in [0.29, 0.717) is 16.8 Å². The second-order valence-electron chi connectivity index (χ2n) is 6.92. The molecular weight excluding hydrogens is 416 g/mol. The number of esters is 1. The van der Waals surface area contributed by atoms with Crippen LogP contribution in [0.3, 0.4) is 0 Å². The molecule has 0 heterocycles. The summed E-state index contributed by atoms with van der Waals surface area (Å²) in [6.07, 6.45) is 0.